The van der Waals surface area contributed by atoms with E-state index in [-0.39, 0.29) is 0 Å². The van der Waals surface area contributed by atoms with Gasteiger partial charge in [-0.25, -0.2) is 9.37 Å². The molecule has 1 N–H and O–H groups in total. The lowest BCUT2D eigenvalue weighted by Crippen LogP contribution is -2.06. The minimum absolute atomic E-state index is 0.294. The number of hydrogen-bond donors (Lipinski definition) is 1. The molecule has 0 radical (unpaired) electrons. The Morgan fingerprint density at radius 1 is 1.28 bits per heavy atom. The molecule has 0 aliphatic carbocycles. The van der Waals surface area contributed by atoms with Crippen LogP contribution in [0.15, 0.2) is 30.9 Å². The molecule has 0 atom stereocenters. The SMILES string of the molecule is Fc1cc(Cl)c(NCCCn2ccnc2)c(Cl)c1. The average Bonchev–Trinajstić information content (AvgIpc) is 2.79. The van der Waals surface area contributed by atoms with Crippen LogP contribution in [0.1, 0.15) is 6.42 Å². The summed E-state index contributed by atoms with van der Waals surface area (Å²) in [6, 6.07) is 2.48. The lowest BCUT2D eigenvalue weighted by Gasteiger charge is -2.10. The molecule has 1 heterocycles. The molecule has 2 rings (SSSR count). The topological polar surface area (TPSA) is 29.9 Å². The first-order chi connectivity index (χ1) is 8.66. The van der Waals surface area contributed by atoms with Crippen LogP contribution in [0.3, 0.4) is 0 Å². The van der Waals surface area contributed by atoms with Gasteiger partial charge in [0.2, 0.25) is 0 Å². The number of rotatable bonds is 5. The van der Waals surface area contributed by atoms with Crippen molar-refractivity contribution in [2.45, 2.75) is 13.0 Å². The van der Waals surface area contributed by atoms with Gasteiger partial charge in [0.05, 0.1) is 22.1 Å². The number of hydrogen-bond acceptors (Lipinski definition) is 2. The first-order valence-corrected chi connectivity index (χ1v) is 6.26. The van der Waals surface area contributed by atoms with Crippen molar-refractivity contribution in [3.8, 4) is 0 Å². The van der Waals surface area contributed by atoms with E-state index in [2.05, 4.69) is 10.3 Å². The predicted molar refractivity (Wildman–Crippen MR) is 71.8 cm³/mol. The van der Waals surface area contributed by atoms with Gasteiger partial charge in [0, 0.05) is 25.5 Å². The normalized spacial score (nSPS) is 10.6. The minimum Gasteiger partial charge on any atom is -0.383 e. The van der Waals surface area contributed by atoms with Crippen molar-refractivity contribution in [2.75, 3.05) is 11.9 Å². The number of anilines is 1. The van der Waals surface area contributed by atoms with Gasteiger partial charge in [0.15, 0.2) is 0 Å². The Morgan fingerprint density at radius 3 is 2.61 bits per heavy atom. The van der Waals surface area contributed by atoms with E-state index in [4.69, 9.17) is 23.2 Å². The molecule has 6 heteroatoms. The summed E-state index contributed by atoms with van der Waals surface area (Å²) in [5.41, 5.74) is 0.574. The highest BCUT2D eigenvalue weighted by molar-refractivity contribution is 6.39. The Balaban J connectivity index is 1.87. The molecule has 1 aromatic carbocycles. The van der Waals surface area contributed by atoms with Crippen LogP contribution in [0, 0.1) is 5.82 Å². The van der Waals surface area contributed by atoms with Crippen molar-refractivity contribution in [3.05, 3.63) is 46.7 Å². The molecule has 96 valence electrons. The van der Waals surface area contributed by atoms with Crippen molar-refractivity contribution in [1.82, 2.24) is 9.55 Å². The molecule has 0 saturated heterocycles. The van der Waals surface area contributed by atoms with Crippen molar-refractivity contribution >= 4 is 28.9 Å². The Bertz CT molecular complexity index is 491. The molecule has 0 aliphatic heterocycles. The zero-order valence-corrected chi connectivity index (χ0v) is 11.0. The van der Waals surface area contributed by atoms with Crippen molar-refractivity contribution in [1.29, 1.82) is 0 Å². The summed E-state index contributed by atoms with van der Waals surface area (Å²) in [7, 11) is 0. The third-order valence-electron chi connectivity index (χ3n) is 2.46. The third kappa shape index (κ3) is 3.37. The number of nitrogens with one attached hydrogen (secondary N) is 1. The molecule has 0 unspecified atom stereocenters. The average molecular weight is 288 g/mol. The number of aryl methyl sites for hydroxylation is 1. The van der Waals surface area contributed by atoms with Crippen LogP contribution in [0.25, 0.3) is 0 Å². The first kappa shape index (κ1) is 13.2. The summed E-state index contributed by atoms with van der Waals surface area (Å²) in [6.45, 7) is 1.55. The van der Waals surface area contributed by atoms with Gasteiger partial charge < -0.3 is 9.88 Å². The standard InChI is InChI=1S/C12H12Cl2FN3/c13-10-6-9(15)7-11(14)12(10)17-2-1-4-18-5-3-16-8-18/h3,5-8,17H,1-2,4H2. The Kier molecular flexibility index (Phi) is 4.44. The maximum Gasteiger partial charge on any atom is 0.126 e. The number of nitrogens with zero attached hydrogens (tertiary/aromatic N) is 2. The highest BCUT2D eigenvalue weighted by Gasteiger charge is 2.07. The molecule has 0 fully saturated rings. The largest absolute Gasteiger partial charge is 0.383 e. The number of benzene rings is 1. The number of aromatic nitrogens is 2. The van der Waals surface area contributed by atoms with E-state index in [0.717, 1.165) is 13.0 Å². The summed E-state index contributed by atoms with van der Waals surface area (Å²) in [5, 5.41) is 3.69. The Hall–Kier alpha value is -1.26. The van der Waals surface area contributed by atoms with Crippen LogP contribution in [0.4, 0.5) is 10.1 Å². The first-order valence-electron chi connectivity index (χ1n) is 5.51. The highest BCUT2D eigenvalue weighted by Crippen LogP contribution is 2.31. The molecule has 0 aliphatic rings. The molecule has 1 aromatic heterocycles. The van der Waals surface area contributed by atoms with E-state index >= 15 is 0 Å². The van der Waals surface area contributed by atoms with E-state index in [1.165, 1.54) is 12.1 Å². The molecule has 0 saturated carbocycles. The van der Waals surface area contributed by atoms with Crippen LogP contribution in [-0.4, -0.2) is 16.1 Å². The molecule has 3 nitrogen and oxygen atoms in total. The van der Waals surface area contributed by atoms with Gasteiger partial charge in [-0.3, -0.25) is 0 Å². The van der Waals surface area contributed by atoms with Gasteiger partial charge in [0.1, 0.15) is 5.82 Å². The van der Waals surface area contributed by atoms with Crippen molar-refractivity contribution in [2.24, 2.45) is 0 Å². The van der Waals surface area contributed by atoms with Crippen LogP contribution in [0.2, 0.25) is 10.0 Å². The number of imidazole rings is 1. The summed E-state index contributed by atoms with van der Waals surface area (Å²) in [6.07, 6.45) is 6.29. The van der Waals surface area contributed by atoms with E-state index in [9.17, 15) is 4.39 Å². The van der Waals surface area contributed by atoms with Crippen LogP contribution in [-0.2, 0) is 6.54 Å². The summed E-state index contributed by atoms with van der Waals surface area (Å²) < 4.78 is 15.0. The summed E-state index contributed by atoms with van der Waals surface area (Å²) >= 11 is 11.8. The van der Waals surface area contributed by atoms with Crippen molar-refractivity contribution < 1.29 is 4.39 Å². The van der Waals surface area contributed by atoms with Crippen molar-refractivity contribution in [3.63, 3.8) is 0 Å². The van der Waals surface area contributed by atoms with Gasteiger partial charge in [-0.05, 0) is 18.6 Å². The molecular formula is C12H12Cl2FN3. The summed E-state index contributed by atoms with van der Waals surface area (Å²) in [4.78, 5) is 3.96. The number of halogens is 3. The van der Waals surface area contributed by atoms with E-state index < -0.39 is 5.82 Å². The molecule has 18 heavy (non-hydrogen) atoms. The second-order valence-electron chi connectivity index (χ2n) is 3.83. The fourth-order valence-corrected chi connectivity index (χ4v) is 2.20. The quantitative estimate of drug-likeness (QED) is 0.847. The van der Waals surface area contributed by atoms with Crippen LogP contribution < -0.4 is 5.32 Å². The monoisotopic (exact) mass is 287 g/mol. The van der Waals surface area contributed by atoms with Gasteiger partial charge in [0.25, 0.3) is 0 Å². The zero-order valence-electron chi connectivity index (χ0n) is 9.54. The summed E-state index contributed by atoms with van der Waals surface area (Å²) in [5.74, 6) is -0.436. The van der Waals surface area contributed by atoms with E-state index in [1.807, 2.05) is 10.8 Å². The van der Waals surface area contributed by atoms with E-state index in [1.54, 1.807) is 12.5 Å². The van der Waals surface area contributed by atoms with E-state index in [0.29, 0.717) is 22.3 Å². The smallest absolute Gasteiger partial charge is 0.126 e. The third-order valence-corrected chi connectivity index (χ3v) is 3.06. The fourth-order valence-electron chi connectivity index (χ4n) is 1.61. The molecule has 2 aromatic rings. The van der Waals surface area contributed by atoms with Crippen LogP contribution >= 0.6 is 23.2 Å². The van der Waals surface area contributed by atoms with Crippen LogP contribution in [0.5, 0.6) is 0 Å². The minimum atomic E-state index is -0.436. The highest BCUT2D eigenvalue weighted by atomic mass is 35.5. The van der Waals surface area contributed by atoms with Gasteiger partial charge >= 0.3 is 0 Å². The maximum atomic E-state index is 13.0. The second-order valence-corrected chi connectivity index (χ2v) is 4.64. The van der Waals surface area contributed by atoms with Gasteiger partial charge in [-0.15, -0.1) is 0 Å². The maximum absolute atomic E-state index is 13.0. The fraction of sp³-hybridized carbons (Fsp3) is 0.250. The Labute approximate surface area is 115 Å². The van der Waals surface area contributed by atoms with Gasteiger partial charge in [-0.2, -0.15) is 0 Å². The van der Waals surface area contributed by atoms with Gasteiger partial charge in [-0.1, -0.05) is 23.2 Å². The molecule has 0 amide bonds. The predicted octanol–water partition coefficient (Wildman–Crippen LogP) is 3.83. The zero-order chi connectivity index (χ0) is 13.0. The second kappa shape index (κ2) is 6.07. The lowest BCUT2D eigenvalue weighted by molar-refractivity contribution is 0.628. The molecular weight excluding hydrogens is 276 g/mol. The molecule has 0 spiro atoms. The lowest BCUT2D eigenvalue weighted by atomic mass is 10.3. The Morgan fingerprint density at radius 2 is 2.00 bits per heavy atom. The molecule has 0 bridgehead atoms.